The summed E-state index contributed by atoms with van der Waals surface area (Å²) in [5.41, 5.74) is 1.99. The molecular weight excluding hydrogens is 442 g/mol. The van der Waals surface area contributed by atoms with E-state index in [9.17, 15) is 19.7 Å². The van der Waals surface area contributed by atoms with Crippen LogP contribution in [0.2, 0.25) is 0 Å². The number of fused-ring (bicyclic) bond motifs is 1. The lowest BCUT2D eigenvalue weighted by molar-refractivity contribution is -0.384. The Balaban J connectivity index is 1.84. The fourth-order valence-corrected chi connectivity index (χ4v) is 4.58. The van der Waals surface area contributed by atoms with Crippen LogP contribution >= 0.6 is 11.3 Å². The highest BCUT2D eigenvalue weighted by Crippen LogP contribution is 2.26. The third-order valence-electron chi connectivity index (χ3n) is 5.14. The van der Waals surface area contributed by atoms with Crippen LogP contribution in [0.1, 0.15) is 24.1 Å². The molecule has 33 heavy (non-hydrogen) atoms. The van der Waals surface area contributed by atoms with Gasteiger partial charge < -0.3 is 4.74 Å². The Morgan fingerprint density at radius 3 is 2.48 bits per heavy atom. The molecule has 3 aromatic rings. The first kappa shape index (κ1) is 22.1. The maximum Gasteiger partial charge on any atom is 0.338 e. The minimum Gasteiger partial charge on any atom is -0.466 e. The summed E-state index contributed by atoms with van der Waals surface area (Å²) in [4.78, 5) is 41.2. The van der Waals surface area contributed by atoms with Crippen molar-refractivity contribution in [2.75, 3.05) is 7.11 Å². The van der Waals surface area contributed by atoms with E-state index < -0.39 is 16.9 Å². The van der Waals surface area contributed by atoms with Gasteiger partial charge in [0, 0.05) is 12.1 Å². The number of rotatable bonds is 5. The van der Waals surface area contributed by atoms with Crippen LogP contribution < -0.4 is 14.9 Å². The van der Waals surface area contributed by atoms with E-state index in [1.165, 1.54) is 35.1 Å². The molecule has 0 saturated carbocycles. The molecule has 2 heterocycles. The van der Waals surface area contributed by atoms with Gasteiger partial charge in [0.1, 0.15) is 0 Å². The zero-order valence-corrected chi connectivity index (χ0v) is 18.6. The van der Waals surface area contributed by atoms with E-state index in [1.807, 2.05) is 36.4 Å². The second kappa shape index (κ2) is 9.17. The van der Waals surface area contributed by atoms with Crippen LogP contribution in [-0.4, -0.2) is 22.6 Å². The van der Waals surface area contributed by atoms with Crippen molar-refractivity contribution in [1.82, 2.24) is 4.57 Å². The third kappa shape index (κ3) is 4.44. The highest BCUT2D eigenvalue weighted by molar-refractivity contribution is 7.07. The van der Waals surface area contributed by atoms with E-state index in [2.05, 4.69) is 4.99 Å². The van der Waals surface area contributed by atoms with Crippen LogP contribution in [-0.2, 0) is 9.53 Å². The van der Waals surface area contributed by atoms with Gasteiger partial charge in [-0.05, 0) is 36.3 Å². The Morgan fingerprint density at radius 1 is 1.15 bits per heavy atom. The van der Waals surface area contributed by atoms with Crippen molar-refractivity contribution in [3.8, 4) is 0 Å². The van der Waals surface area contributed by atoms with Gasteiger partial charge in [0.05, 0.1) is 33.9 Å². The molecule has 1 aliphatic heterocycles. The van der Waals surface area contributed by atoms with Gasteiger partial charge in [0.25, 0.3) is 11.2 Å². The Kier molecular flexibility index (Phi) is 6.14. The number of thiazole rings is 1. The number of hydrogen-bond donors (Lipinski definition) is 0. The molecular formula is C24H19N3O5S. The van der Waals surface area contributed by atoms with Crippen molar-refractivity contribution < 1.29 is 14.5 Å². The molecule has 0 aliphatic carbocycles. The largest absolute Gasteiger partial charge is 0.466 e. The zero-order valence-electron chi connectivity index (χ0n) is 17.8. The number of benzene rings is 2. The first-order chi connectivity index (χ1) is 15.9. The standard InChI is InChI=1S/C24H19N3O5S/c1-15-21(23(29)32-2)19(13-10-16-6-4-3-5-7-16)26-22(28)20(33-24(26)25-15)14-17-8-11-18(12-9-17)27(30)31/h3-14,19H,1-2H3/b13-10+,20-14-/t19-/m0/s1. The second-order valence-corrected chi connectivity index (χ2v) is 8.24. The molecule has 4 rings (SSSR count). The molecule has 0 amide bonds. The number of carbonyl (C=O) groups excluding carboxylic acids is 1. The molecule has 166 valence electrons. The molecule has 0 spiro atoms. The number of nitro groups is 1. The number of methoxy groups -OCH3 is 1. The summed E-state index contributed by atoms with van der Waals surface area (Å²) in [6, 6.07) is 14.8. The van der Waals surface area contributed by atoms with E-state index in [1.54, 1.807) is 31.2 Å². The quantitative estimate of drug-likeness (QED) is 0.330. The van der Waals surface area contributed by atoms with Crippen molar-refractivity contribution in [3.05, 3.63) is 113 Å². The summed E-state index contributed by atoms with van der Waals surface area (Å²) in [6.45, 7) is 1.71. The smallest absolute Gasteiger partial charge is 0.338 e. The second-order valence-electron chi connectivity index (χ2n) is 7.23. The van der Waals surface area contributed by atoms with Gasteiger partial charge in [-0.2, -0.15) is 0 Å². The van der Waals surface area contributed by atoms with E-state index in [0.29, 0.717) is 26.2 Å². The number of allylic oxidation sites excluding steroid dienone is 2. The van der Waals surface area contributed by atoms with E-state index in [-0.39, 0.29) is 11.2 Å². The highest BCUT2D eigenvalue weighted by Gasteiger charge is 2.30. The minimum atomic E-state index is -0.687. The van der Waals surface area contributed by atoms with Gasteiger partial charge >= 0.3 is 5.97 Å². The van der Waals surface area contributed by atoms with E-state index >= 15 is 0 Å². The van der Waals surface area contributed by atoms with Gasteiger partial charge in [-0.1, -0.05) is 53.8 Å². The third-order valence-corrected chi connectivity index (χ3v) is 6.12. The first-order valence-electron chi connectivity index (χ1n) is 9.97. The van der Waals surface area contributed by atoms with Crippen LogP contribution in [0.25, 0.3) is 12.2 Å². The van der Waals surface area contributed by atoms with Gasteiger partial charge in [-0.25, -0.2) is 9.79 Å². The molecule has 2 aromatic carbocycles. The Morgan fingerprint density at radius 2 is 1.85 bits per heavy atom. The first-order valence-corrected chi connectivity index (χ1v) is 10.8. The van der Waals surface area contributed by atoms with Crippen LogP contribution in [0.15, 0.2) is 81.7 Å². The predicted octanol–water partition coefficient (Wildman–Crippen LogP) is 2.98. The Bertz CT molecular complexity index is 1460. The molecule has 0 bridgehead atoms. The fraction of sp³-hybridized carbons (Fsp3) is 0.125. The lowest BCUT2D eigenvalue weighted by Crippen LogP contribution is -2.38. The topological polar surface area (TPSA) is 104 Å². The number of nitro benzene ring substituents is 1. The monoisotopic (exact) mass is 461 g/mol. The summed E-state index contributed by atoms with van der Waals surface area (Å²) in [5, 5.41) is 10.9. The number of nitrogens with zero attached hydrogens (tertiary/aromatic N) is 3. The Hall–Kier alpha value is -4.11. The van der Waals surface area contributed by atoms with Crippen molar-refractivity contribution >= 4 is 35.1 Å². The lowest BCUT2D eigenvalue weighted by Gasteiger charge is -2.21. The van der Waals surface area contributed by atoms with E-state index in [0.717, 1.165) is 5.56 Å². The molecule has 8 nitrogen and oxygen atoms in total. The predicted molar refractivity (Wildman–Crippen MR) is 125 cm³/mol. The zero-order chi connectivity index (χ0) is 23.5. The van der Waals surface area contributed by atoms with Crippen LogP contribution in [0, 0.1) is 10.1 Å². The molecule has 1 atom stereocenters. The number of hydrogen-bond acceptors (Lipinski definition) is 7. The summed E-state index contributed by atoms with van der Waals surface area (Å²) in [5.74, 6) is -0.552. The number of non-ortho nitro benzene ring substituents is 1. The fourth-order valence-electron chi connectivity index (χ4n) is 3.53. The summed E-state index contributed by atoms with van der Waals surface area (Å²) in [7, 11) is 1.29. The van der Waals surface area contributed by atoms with Crippen molar-refractivity contribution in [2.45, 2.75) is 13.0 Å². The molecule has 0 radical (unpaired) electrons. The highest BCUT2D eigenvalue weighted by atomic mass is 32.1. The normalized spacial score (nSPS) is 15.9. The van der Waals surface area contributed by atoms with Crippen LogP contribution in [0.5, 0.6) is 0 Å². The van der Waals surface area contributed by atoms with Crippen LogP contribution in [0.4, 0.5) is 5.69 Å². The number of ether oxygens (including phenoxy) is 1. The van der Waals surface area contributed by atoms with Crippen molar-refractivity contribution in [1.29, 1.82) is 0 Å². The van der Waals surface area contributed by atoms with Crippen molar-refractivity contribution in [3.63, 3.8) is 0 Å². The average molecular weight is 461 g/mol. The molecule has 0 fully saturated rings. The maximum absolute atomic E-state index is 13.3. The van der Waals surface area contributed by atoms with Gasteiger partial charge in [0.15, 0.2) is 4.80 Å². The SMILES string of the molecule is COC(=O)C1=C(C)N=c2s/c(=C\c3ccc([N+](=O)[O-])cc3)c(=O)n2[C@H]1/C=C/c1ccccc1. The van der Waals surface area contributed by atoms with Gasteiger partial charge in [0.2, 0.25) is 0 Å². The minimum absolute atomic E-state index is 0.0296. The maximum atomic E-state index is 13.3. The van der Waals surface area contributed by atoms with Gasteiger partial charge in [-0.15, -0.1) is 0 Å². The number of carbonyl (C=O) groups is 1. The summed E-state index contributed by atoms with van der Waals surface area (Å²) < 4.78 is 6.84. The lowest BCUT2D eigenvalue weighted by atomic mass is 10.0. The average Bonchev–Trinajstić information content (AvgIpc) is 3.12. The molecule has 0 saturated heterocycles. The molecule has 9 heteroatoms. The number of esters is 1. The van der Waals surface area contributed by atoms with E-state index in [4.69, 9.17) is 4.74 Å². The summed E-state index contributed by atoms with van der Waals surface area (Å²) >= 11 is 1.19. The molecule has 1 aromatic heterocycles. The molecule has 0 unspecified atom stereocenters. The number of aromatic nitrogens is 1. The van der Waals surface area contributed by atoms with Crippen molar-refractivity contribution in [2.24, 2.45) is 4.99 Å². The Labute approximate surface area is 192 Å². The van der Waals surface area contributed by atoms with Crippen LogP contribution in [0.3, 0.4) is 0 Å². The van der Waals surface area contributed by atoms with Gasteiger partial charge in [-0.3, -0.25) is 19.5 Å². The summed E-state index contributed by atoms with van der Waals surface area (Å²) in [6.07, 6.45) is 5.29. The molecule has 0 N–H and O–H groups in total. The molecule has 1 aliphatic rings.